The molecule has 0 aromatic heterocycles. The van der Waals surface area contributed by atoms with Gasteiger partial charge in [-0.25, -0.2) is 0 Å². The summed E-state index contributed by atoms with van der Waals surface area (Å²) in [4.78, 5) is 0. The Balaban J connectivity index is 0.000000203. The van der Waals surface area contributed by atoms with Gasteiger partial charge in [-0.3, -0.25) is 0 Å². The molecule has 4 N–H and O–H groups in total. The predicted molar refractivity (Wildman–Crippen MR) is 145 cm³/mol. The van der Waals surface area contributed by atoms with Crippen molar-refractivity contribution in [3.63, 3.8) is 0 Å². The summed E-state index contributed by atoms with van der Waals surface area (Å²) < 4.78 is 3.66. The second kappa shape index (κ2) is 14.3. The third kappa shape index (κ3) is 9.54. The van der Waals surface area contributed by atoms with Gasteiger partial charge < -0.3 is 11.5 Å². The van der Waals surface area contributed by atoms with Crippen LogP contribution in [0.1, 0.15) is 22.3 Å². The fourth-order valence-corrected chi connectivity index (χ4v) is 3.41. The van der Waals surface area contributed by atoms with Gasteiger partial charge in [-0.2, -0.15) is 0 Å². The maximum atomic E-state index is 5.74. The van der Waals surface area contributed by atoms with Crippen LogP contribution in [0.5, 0.6) is 0 Å². The Hall–Kier alpha value is -2.83. The van der Waals surface area contributed by atoms with Gasteiger partial charge >= 0.3 is 24.8 Å². The number of anilines is 2. The van der Waals surface area contributed by atoms with E-state index in [4.69, 9.17) is 11.5 Å². The van der Waals surface area contributed by atoms with Crippen LogP contribution >= 0.6 is 28.7 Å². The first-order valence-electron chi connectivity index (χ1n) is 10.0. The summed E-state index contributed by atoms with van der Waals surface area (Å²) in [6.45, 7) is 0. The van der Waals surface area contributed by atoms with Gasteiger partial charge in [0, 0.05) is 15.8 Å². The molecule has 0 atom stereocenters. The number of thiol groups is 1. The molecule has 4 aromatic rings. The average Bonchev–Trinajstić information content (AvgIpc) is 2.80. The fraction of sp³-hybridized carbons (Fsp3) is 0.0769. The summed E-state index contributed by atoms with van der Waals surface area (Å²) in [6, 6.07) is 34.9. The summed E-state index contributed by atoms with van der Waals surface area (Å²) in [6.07, 6.45) is 1.92. The van der Waals surface area contributed by atoms with Crippen molar-refractivity contribution in [2.24, 2.45) is 4.30 Å². The Morgan fingerprint density at radius 1 is 0.656 bits per heavy atom. The van der Waals surface area contributed by atoms with E-state index in [1.165, 1.54) is 22.3 Å². The standard InChI is InChI=1S/C13H12BrN.C13H13N.BHNS/c14-12-9-11(6-7-13(12)15)8-10-4-2-1-3-5-10;14-13-8-6-12(7-9-13)10-11-4-2-1-3-5-11;1-2-3/h1-7,9H,8,15H2;1-9H,10,14H2;3H. The van der Waals surface area contributed by atoms with Gasteiger partial charge in [-0.1, -0.05) is 78.9 Å². The third-order valence-electron chi connectivity index (χ3n) is 4.55. The van der Waals surface area contributed by atoms with Crippen LogP contribution in [-0.2, 0) is 12.8 Å². The molecule has 4 rings (SSSR count). The SMILES string of the molecule is Nc1ccc(Cc2ccccc2)cc1.Nc1ccc(Cc2ccccc2)cc1Br.[B]=NS. The van der Waals surface area contributed by atoms with Crippen LogP contribution in [0.3, 0.4) is 0 Å². The summed E-state index contributed by atoms with van der Waals surface area (Å²) in [5.41, 5.74) is 18.2. The van der Waals surface area contributed by atoms with Gasteiger partial charge in [-0.05, 0) is 75.3 Å². The normalized spacial score (nSPS) is 9.53. The molecule has 0 saturated carbocycles. The van der Waals surface area contributed by atoms with Crippen molar-refractivity contribution in [3.8, 4) is 0 Å². The maximum absolute atomic E-state index is 5.74. The molecular weight excluding hydrogens is 477 g/mol. The number of nitrogens with zero attached hydrogens (tertiary/aromatic N) is 1. The molecule has 0 spiro atoms. The van der Waals surface area contributed by atoms with Crippen LogP contribution in [0, 0.1) is 0 Å². The summed E-state index contributed by atoms with van der Waals surface area (Å²) in [5.74, 6) is 0. The molecule has 0 aliphatic heterocycles. The van der Waals surface area contributed by atoms with Crippen molar-refractivity contribution in [1.29, 1.82) is 0 Å². The number of nitrogen functional groups attached to an aromatic ring is 2. The summed E-state index contributed by atoms with van der Waals surface area (Å²) >= 11 is 6.63. The number of halogens is 1. The Morgan fingerprint density at radius 3 is 1.53 bits per heavy atom. The number of hydrogen-bond donors (Lipinski definition) is 3. The van der Waals surface area contributed by atoms with Crippen molar-refractivity contribution in [2.75, 3.05) is 11.5 Å². The molecule has 3 nitrogen and oxygen atoms in total. The van der Waals surface area contributed by atoms with Crippen LogP contribution in [0.2, 0.25) is 0 Å². The molecule has 0 aliphatic carbocycles. The fourth-order valence-electron chi connectivity index (χ4n) is 2.98. The van der Waals surface area contributed by atoms with Gasteiger partial charge in [0.05, 0.1) is 0 Å². The first kappa shape index (κ1) is 25.4. The predicted octanol–water partition coefficient (Wildman–Crippen LogP) is 6.67. The van der Waals surface area contributed by atoms with Crippen molar-refractivity contribution in [3.05, 3.63) is 130 Å². The van der Waals surface area contributed by atoms with E-state index >= 15 is 0 Å². The molecule has 6 heteroatoms. The van der Waals surface area contributed by atoms with Gasteiger partial charge in [0.25, 0.3) is 0 Å². The molecule has 1 radical (unpaired) electrons. The van der Waals surface area contributed by atoms with Gasteiger partial charge in [0.1, 0.15) is 0 Å². The van der Waals surface area contributed by atoms with E-state index in [0.29, 0.717) is 0 Å². The van der Waals surface area contributed by atoms with Crippen LogP contribution < -0.4 is 11.5 Å². The van der Waals surface area contributed by atoms with Crippen molar-refractivity contribution < 1.29 is 0 Å². The Bertz CT molecular complexity index is 1080. The zero-order valence-electron chi connectivity index (χ0n) is 17.7. The minimum absolute atomic E-state index is 0.784. The second-order valence-electron chi connectivity index (χ2n) is 7.04. The van der Waals surface area contributed by atoms with Crippen molar-refractivity contribution in [2.45, 2.75) is 12.8 Å². The van der Waals surface area contributed by atoms with E-state index in [1.807, 2.05) is 30.3 Å². The number of benzene rings is 4. The van der Waals surface area contributed by atoms with E-state index in [0.717, 1.165) is 28.7 Å². The van der Waals surface area contributed by atoms with Gasteiger partial charge in [-0.15, -0.1) is 0 Å². The number of hydrogen-bond acceptors (Lipinski definition) is 4. The Kier molecular flexibility index (Phi) is 11.3. The quantitative estimate of drug-likeness (QED) is 0.166. The third-order valence-corrected chi connectivity index (χ3v) is 5.23. The number of rotatable bonds is 4. The molecule has 4 aromatic carbocycles. The molecule has 0 saturated heterocycles. The molecule has 0 aliphatic rings. The van der Waals surface area contributed by atoms with E-state index in [2.05, 4.69) is 113 Å². The zero-order valence-corrected chi connectivity index (χ0v) is 20.2. The zero-order chi connectivity index (χ0) is 23.2. The van der Waals surface area contributed by atoms with E-state index in [1.54, 1.807) is 0 Å². The van der Waals surface area contributed by atoms with E-state index in [9.17, 15) is 0 Å². The van der Waals surface area contributed by atoms with Crippen LogP contribution in [0.25, 0.3) is 0 Å². The summed E-state index contributed by atoms with van der Waals surface area (Å²) in [5, 5.41) is 0. The average molecular weight is 503 g/mol. The van der Waals surface area contributed by atoms with Crippen LogP contribution in [0.4, 0.5) is 11.4 Å². The van der Waals surface area contributed by atoms with Gasteiger partial charge in [0.2, 0.25) is 0 Å². The van der Waals surface area contributed by atoms with Crippen molar-refractivity contribution in [1.82, 2.24) is 0 Å². The molecule has 0 amide bonds. The first-order valence-corrected chi connectivity index (χ1v) is 11.2. The van der Waals surface area contributed by atoms with Gasteiger partial charge in [0.15, 0.2) is 0 Å². The monoisotopic (exact) mass is 502 g/mol. The molecule has 161 valence electrons. The number of nitrogens with two attached hydrogens (primary N) is 2. The van der Waals surface area contributed by atoms with Crippen LogP contribution in [-0.4, -0.2) is 7.64 Å². The first-order chi connectivity index (χ1) is 15.5. The van der Waals surface area contributed by atoms with Crippen LogP contribution in [0.15, 0.2) is 112 Å². The molecular formula is C26H26BBrN3S. The topological polar surface area (TPSA) is 64.4 Å². The second-order valence-corrected chi connectivity index (χ2v) is 8.12. The summed E-state index contributed by atoms with van der Waals surface area (Å²) in [7, 11) is 4.34. The molecule has 0 heterocycles. The molecule has 0 fully saturated rings. The Labute approximate surface area is 205 Å². The van der Waals surface area contributed by atoms with E-state index < -0.39 is 0 Å². The van der Waals surface area contributed by atoms with Crippen molar-refractivity contribution >= 4 is 47.8 Å². The van der Waals surface area contributed by atoms with E-state index in [-0.39, 0.29) is 0 Å². The Morgan fingerprint density at radius 2 is 1.06 bits per heavy atom. The molecule has 32 heavy (non-hydrogen) atoms. The minimum atomic E-state index is 0.784. The molecule has 0 bridgehead atoms. The molecule has 0 unspecified atom stereocenters.